The fourth-order valence-corrected chi connectivity index (χ4v) is 3.66. The standard InChI is InChI=1S/C16H17NO4S/c1-19-13-6-5-11(8-14(13)20-2)16-17(15(18)10-22-16)9-12-4-3-7-21-12/h3-8,16H,9-10H2,1-2H3. The van der Waals surface area contributed by atoms with Gasteiger partial charge in [-0.3, -0.25) is 4.79 Å². The first-order chi connectivity index (χ1) is 10.7. The van der Waals surface area contributed by atoms with Gasteiger partial charge in [0.25, 0.3) is 0 Å². The number of carbonyl (C=O) groups is 1. The molecule has 0 radical (unpaired) electrons. The molecule has 1 saturated heterocycles. The largest absolute Gasteiger partial charge is 0.493 e. The molecule has 0 N–H and O–H groups in total. The molecule has 1 atom stereocenters. The van der Waals surface area contributed by atoms with Crippen LogP contribution in [0.3, 0.4) is 0 Å². The number of thioether (sulfide) groups is 1. The molecule has 0 bridgehead atoms. The highest BCUT2D eigenvalue weighted by molar-refractivity contribution is 8.00. The van der Waals surface area contributed by atoms with Crippen LogP contribution in [0, 0.1) is 0 Å². The lowest BCUT2D eigenvalue weighted by Crippen LogP contribution is -2.27. The van der Waals surface area contributed by atoms with E-state index in [0.29, 0.717) is 23.8 Å². The average Bonchev–Trinajstić information content (AvgIpc) is 3.18. The van der Waals surface area contributed by atoms with Crippen LogP contribution in [-0.2, 0) is 11.3 Å². The van der Waals surface area contributed by atoms with Crippen molar-refractivity contribution in [1.82, 2.24) is 4.90 Å². The molecule has 0 saturated carbocycles. The van der Waals surface area contributed by atoms with Crippen molar-refractivity contribution in [2.45, 2.75) is 11.9 Å². The molecular formula is C16H17NO4S. The maximum Gasteiger partial charge on any atom is 0.234 e. The predicted octanol–water partition coefficient (Wildman–Crippen LogP) is 3.07. The van der Waals surface area contributed by atoms with Gasteiger partial charge in [-0.15, -0.1) is 11.8 Å². The SMILES string of the molecule is COc1ccc(C2SCC(=O)N2Cc2ccco2)cc1OC. The summed E-state index contributed by atoms with van der Waals surface area (Å²) in [4.78, 5) is 14.0. The molecule has 1 aliphatic rings. The van der Waals surface area contributed by atoms with E-state index in [1.807, 2.05) is 35.2 Å². The number of methoxy groups -OCH3 is 2. The third-order valence-electron chi connectivity index (χ3n) is 3.57. The van der Waals surface area contributed by atoms with Crippen LogP contribution in [0.15, 0.2) is 41.0 Å². The number of hydrogen-bond acceptors (Lipinski definition) is 5. The van der Waals surface area contributed by atoms with E-state index in [1.54, 1.807) is 32.2 Å². The fourth-order valence-electron chi connectivity index (χ4n) is 2.48. The number of carbonyl (C=O) groups excluding carboxylic acids is 1. The maximum absolute atomic E-state index is 12.2. The number of hydrogen-bond donors (Lipinski definition) is 0. The third-order valence-corrected chi connectivity index (χ3v) is 4.82. The summed E-state index contributed by atoms with van der Waals surface area (Å²) >= 11 is 1.60. The van der Waals surface area contributed by atoms with Gasteiger partial charge in [0.2, 0.25) is 5.91 Å². The molecule has 5 nitrogen and oxygen atoms in total. The molecule has 0 aliphatic carbocycles. The highest BCUT2D eigenvalue weighted by atomic mass is 32.2. The molecular weight excluding hydrogens is 302 g/mol. The Hall–Kier alpha value is -2.08. The molecule has 1 amide bonds. The zero-order chi connectivity index (χ0) is 15.5. The van der Waals surface area contributed by atoms with Crippen LogP contribution in [0.5, 0.6) is 11.5 Å². The summed E-state index contributed by atoms with van der Waals surface area (Å²) in [7, 11) is 3.21. The fraction of sp³-hybridized carbons (Fsp3) is 0.312. The van der Waals surface area contributed by atoms with Crippen LogP contribution in [0.2, 0.25) is 0 Å². The molecule has 1 aliphatic heterocycles. The van der Waals surface area contributed by atoms with Gasteiger partial charge < -0.3 is 18.8 Å². The van der Waals surface area contributed by atoms with Gasteiger partial charge in [-0.2, -0.15) is 0 Å². The second-order valence-corrected chi connectivity index (χ2v) is 5.95. The van der Waals surface area contributed by atoms with Crippen LogP contribution in [0.4, 0.5) is 0 Å². The lowest BCUT2D eigenvalue weighted by molar-refractivity contribution is -0.128. The van der Waals surface area contributed by atoms with Crippen molar-refractivity contribution in [3.05, 3.63) is 47.9 Å². The number of benzene rings is 1. The molecule has 116 valence electrons. The summed E-state index contributed by atoms with van der Waals surface area (Å²) in [6.45, 7) is 0.470. The maximum atomic E-state index is 12.2. The first-order valence-electron chi connectivity index (χ1n) is 6.88. The van der Waals surface area contributed by atoms with Crippen LogP contribution < -0.4 is 9.47 Å². The van der Waals surface area contributed by atoms with Crippen LogP contribution in [-0.4, -0.2) is 30.8 Å². The van der Waals surface area contributed by atoms with Crippen LogP contribution >= 0.6 is 11.8 Å². The van der Waals surface area contributed by atoms with E-state index < -0.39 is 0 Å². The summed E-state index contributed by atoms with van der Waals surface area (Å²) in [5.74, 6) is 2.71. The normalized spacial score (nSPS) is 17.8. The van der Waals surface area contributed by atoms with Crippen molar-refractivity contribution < 1.29 is 18.7 Å². The van der Waals surface area contributed by atoms with E-state index in [-0.39, 0.29) is 11.3 Å². The summed E-state index contributed by atoms with van der Waals surface area (Å²) in [5.41, 5.74) is 1.01. The molecule has 1 fully saturated rings. The lowest BCUT2D eigenvalue weighted by atomic mass is 10.1. The Labute approximate surface area is 133 Å². The van der Waals surface area contributed by atoms with Gasteiger partial charge in [-0.05, 0) is 29.8 Å². The van der Waals surface area contributed by atoms with Crippen molar-refractivity contribution in [3.8, 4) is 11.5 Å². The molecule has 1 aromatic carbocycles. The van der Waals surface area contributed by atoms with Gasteiger partial charge in [0.05, 0.1) is 32.8 Å². The van der Waals surface area contributed by atoms with E-state index in [1.165, 1.54) is 0 Å². The molecule has 2 heterocycles. The first-order valence-corrected chi connectivity index (χ1v) is 7.93. The van der Waals surface area contributed by atoms with Gasteiger partial charge in [0, 0.05) is 0 Å². The number of rotatable bonds is 5. The van der Waals surface area contributed by atoms with Gasteiger partial charge in [-0.25, -0.2) is 0 Å². The van der Waals surface area contributed by atoms with E-state index in [4.69, 9.17) is 13.9 Å². The average molecular weight is 319 g/mol. The van der Waals surface area contributed by atoms with Gasteiger partial charge in [0.1, 0.15) is 11.1 Å². The summed E-state index contributed by atoms with van der Waals surface area (Å²) < 4.78 is 16.0. The minimum absolute atomic E-state index is 0.0441. The second-order valence-electron chi connectivity index (χ2n) is 4.88. The summed E-state index contributed by atoms with van der Waals surface area (Å²) in [5, 5.41) is -0.0441. The Morgan fingerprint density at radius 2 is 2.09 bits per heavy atom. The van der Waals surface area contributed by atoms with Crippen LogP contribution in [0.25, 0.3) is 0 Å². The van der Waals surface area contributed by atoms with Crippen molar-refractivity contribution in [2.75, 3.05) is 20.0 Å². The Morgan fingerprint density at radius 3 is 2.77 bits per heavy atom. The zero-order valence-corrected chi connectivity index (χ0v) is 13.3. The van der Waals surface area contributed by atoms with Crippen molar-refractivity contribution >= 4 is 17.7 Å². The number of amides is 1. The zero-order valence-electron chi connectivity index (χ0n) is 12.4. The van der Waals surface area contributed by atoms with Crippen molar-refractivity contribution in [3.63, 3.8) is 0 Å². The Balaban J connectivity index is 1.87. The molecule has 3 rings (SSSR count). The molecule has 22 heavy (non-hydrogen) atoms. The third kappa shape index (κ3) is 2.78. The Kier molecular flexibility index (Phi) is 4.29. The van der Waals surface area contributed by atoms with E-state index in [2.05, 4.69) is 0 Å². The van der Waals surface area contributed by atoms with Crippen molar-refractivity contribution in [2.24, 2.45) is 0 Å². The van der Waals surface area contributed by atoms with Gasteiger partial charge in [-0.1, -0.05) is 6.07 Å². The quantitative estimate of drug-likeness (QED) is 0.848. The van der Waals surface area contributed by atoms with E-state index in [0.717, 1.165) is 11.3 Å². The second kappa shape index (κ2) is 6.36. The number of nitrogens with zero attached hydrogens (tertiary/aromatic N) is 1. The minimum atomic E-state index is -0.0441. The molecule has 0 spiro atoms. The molecule has 1 unspecified atom stereocenters. The van der Waals surface area contributed by atoms with Crippen LogP contribution in [0.1, 0.15) is 16.7 Å². The highest BCUT2D eigenvalue weighted by Gasteiger charge is 2.33. The number of ether oxygens (including phenoxy) is 2. The van der Waals surface area contributed by atoms with E-state index >= 15 is 0 Å². The molecule has 1 aromatic heterocycles. The van der Waals surface area contributed by atoms with Crippen molar-refractivity contribution in [1.29, 1.82) is 0 Å². The van der Waals surface area contributed by atoms with E-state index in [9.17, 15) is 4.79 Å². The Morgan fingerprint density at radius 1 is 1.27 bits per heavy atom. The first kappa shape index (κ1) is 14.8. The topological polar surface area (TPSA) is 51.9 Å². The summed E-state index contributed by atoms with van der Waals surface area (Å²) in [6.07, 6.45) is 1.62. The summed E-state index contributed by atoms with van der Waals surface area (Å²) in [6, 6.07) is 9.45. The Bertz CT molecular complexity index is 656. The molecule has 6 heteroatoms. The van der Waals surface area contributed by atoms with Gasteiger partial charge in [0.15, 0.2) is 11.5 Å². The molecule has 2 aromatic rings. The van der Waals surface area contributed by atoms with Gasteiger partial charge >= 0.3 is 0 Å². The minimum Gasteiger partial charge on any atom is -0.493 e. The highest BCUT2D eigenvalue weighted by Crippen LogP contribution is 2.42. The smallest absolute Gasteiger partial charge is 0.234 e. The number of furan rings is 1. The predicted molar refractivity (Wildman–Crippen MR) is 84.0 cm³/mol. The lowest BCUT2D eigenvalue weighted by Gasteiger charge is -2.24. The monoisotopic (exact) mass is 319 g/mol.